The van der Waals surface area contributed by atoms with Gasteiger partial charge in [-0.3, -0.25) is 4.79 Å². The van der Waals surface area contributed by atoms with Crippen LogP contribution in [0.4, 0.5) is 0 Å². The molecule has 4 N–H and O–H groups in total. The summed E-state index contributed by atoms with van der Waals surface area (Å²) < 4.78 is 0. The molecule has 5 heteroatoms. The van der Waals surface area contributed by atoms with Crippen LogP contribution in [0.2, 0.25) is 0 Å². The van der Waals surface area contributed by atoms with Gasteiger partial charge in [-0.2, -0.15) is 0 Å². The third-order valence-corrected chi connectivity index (χ3v) is 6.61. The second-order valence-electron chi connectivity index (χ2n) is 7.97. The van der Waals surface area contributed by atoms with E-state index in [9.17, 15) is 25.2 Å². The van der Waals surface area contributed by atoms with E-state index in [1.165, 1.54) is 6.07 Å². The highest BCUT2D eigenvalue weighted by molar-refractivity contribution is 6.01. The molecule has 0 bridgehead atoms. The average molecular weight is 332 g/mol. The predicted octanol–water partition coefficient (Wildman–Crippen LogP) is 1.79. The number of fused-ring (bicyclic) bond motifs is 4. The Morgan fingerprint density at radius 1 is 1.21 bits per heavy atom. The van der Waals surface area contributed by atoms with Crippen LogP contribution in [0.3, 0.4) is 0 Å². The molecule has 0 spiro atoms. The number of hydrogen-bond acceptors (Lipinski definition) is 5. The molecule has 2 saturated carbocycles. The fourth-order valence-electron chi connectivity index (χ4n) is 5.48. The molecule has 24 heavy (non-hydrogen) atoms. The number of phenols is 1. The lowest BCUT2D eigenvalue weighted by Gasteiger charge is -2.56. The number of Topliss-reactive ketones (excluding diaryl/α,β-unsaturated/α-hetero) is 1. The molecular weight excluding hydrogens is 308 g/mol. The minimum Gasteiger partial charge on any atom is -0.508 e. The van der Waals surface area contributed by atoms with E-state index < -0.39 is 29.6 Å². The Morgan fingerprint density at radius 3 is 2.71 bits per heavy atom. The summed E-state index contributed by atoms with van der Waals surface area (Å²) in [5.74, 6) is -1.22. The van der Waals surface area contributed by atoms with Gasteiger partial charge in [-0.05, 0) is 31.2 Å². The van der Waals surface area contributed by atoms with Crippen molar-refractivity contribution in [2.24, 2.45) is 23.7 Å². The summed E-state index contributed by atoms with van der Waals surface area (Å²) in [6.45, 7) is 2.05. The number of phenolic OH excluding ortho intramolecular Hbond substituents is 1. The first-order valence-corrected chi connectivity index (χ1v) is 8.79. The highest BCUT2D eigenvalue weighted by atomic mass is 16.3. The summed E-state index contributed by atoms with van der Waals surface area (Å²) in [4.78, 5) is 13.1. The number of ketones is 1. The molecule has 0 aliphatic heterocycles. The normalized spacial score (nSPS) is 44.4. The molecule has 4 rings (SSSR count). The average Bonchev–Trinajstić information content (AvgIpc) is 2.53. The summed E-state index contributed by atoms with van der Waals surface area (Å²) in [6, 6.07) is 4.70. The number of aromatic hydroxyl groups is 1. The zero-order valence-corrected chi connectivity index (χ0v) is 13.7. The first-order valence-electron chi connectivity index (χ1n) is 8.79. The van der Waals surface area contributed by atoms with Crippen molar-refractivity contribution >= 4 is 5.78 Å². The molecule has 0 heterocycles. The van der Waals surface area contributed by atoms with Crippen LogP contribution in [0.1, 0.15) is 54.6 Å². The van der Waals surface area contributed by atoms with Gasteiger partial charge in [0.05, 0.1) is 17.8 Å². The molecule has 0 amide bonds. The van der Waals surface area contributed by atoms with Crippen molar-refractivity contribution in [1.82, 2.24) is 0 Å². The van der Waals surface area contributed by atoms with Crippen LogP contribution < -0.4 is 0 Å². The largest absolute Gasteiger partial charge is 0.508 e. The maximum atomic E-state index is 13.1. The summed E-state index contributed by atoms with van der Waals surface area (Å²) in [5, 5.41) is 42.6. The number of carbonyl (C=O) groups is 1. The second kappa shape index (κ2) is 5.28. The van der Waals surface area contributed by atoms with Crippen LogP contribution >= 0.6 is 0 Å². The standard InChI is InChI=1S/C19H24O5/c1-9-5-6-12-15-11(7-14(21)19(12,24)8-9)18(23)16-10(17(15)22)3-2-4-13(16)20/h2-4,9,11-12,14-15,18,20-21,23-24H,5-8H2,1H3. The highest BCUT2D eigenvalue weighted by Crippen LogP contribution is 2.57. The van der Waals surface area contributed by atoms with Crippen LogP contribution in [0.5, 0.6) is 5.75 Å². The fourth-order valence-corrected chi connectivity index (χ4v) is 5.48. The molecule has 3 aliphatic carbocycles. The number of benzene rings is 1. The van der Waals surface area contributed by atoms with Crippen LogP contribution in [-0.4, -0.2) is 37.9 Å². The summed E-state index contributed by atoms with van der Waals surface area (Å²) in [7, 11) is 0. The number of carbonyl (C=O) groups excluding carboxylic acids is 1. The van der Waals surface area contributed by atoms with Gasteiger partial charge in [0, 0.05) is 28.9 Å². The molecular formula is C19H24O5. The summed E-state index contributed by atoms with van der Waals surface area (Å²) in [5.41, 5.74) is -0.644. The highest BCUT2D eigenvalue weighted by Gasteiger charge is 2.60. The number of hydrogen-bond donors (Lipinski definition) is 4. The van der Waals surface area contributed by atoms with E-state index in [4.69, 9.17) is 0 Å². The third-order valence-electron chi connectivity index (χ3n) is 6.61. The van der Waals surface area contributed by atoms with Gasteiger partial charge in [0.15, 0.2) is 5.78 Å². The molecule has 1 aromatic carbocycles. The van der Waals surface area contributed by atoms with Gasteiger partial charge >= 0.3 is 0 Å². The van der Waals surface area contributed by atoms with Crippen LogP contribution in [0.25, 0.3) is 0 Å². The van der Waals surface area contributed by atoms with Crippen LogP contribution in [0.15, 0.2) is 18.2 Å². The molecule has 0 aromatic heterocycles. The molecule has 130 valence electrons. The smallest absolute Gasteiger partial charge is 0.167 e. The van der Waals surface area contributed by atoms with E-state index in [0.717, 1.165) is 6.42 Å². The van der Waals surface area contributed by atoms with Crippen molar-refractivity contribution in [2.75, 3.05) is 0 Å². The monoisotopic (exact) mass is 332 g/mol. The molecule has 0 saturated heterocycles. The second-order valence-corrected chi connectivity index (χ2v) is 7.97. The summed E-state index contributed by atoms with van der Waals surface area (Å²) in [6.07, 6.45) is 0.272. The lowest BCUT2D eigenvalue weighted by atomic mass is 9.52. The fraction of sp³-hybridized carbons (Fsp3) is 0.632. The Labute approximate surface area is 140 Å². The Kier molecular flexibility index (Phi) is 3.53. The zero-order chi connectivity index (χ0) is 17.2. The quantitative estimate of drug-likeness (QED) is 0.581. The molecule has 3 aliphatic rings. The van der Waals surface area contributed by atoms with Gasteiger partial charge in [0.25, 0.3) is 0 Å². The maximum absolute atomic E-state index is 13.1. The van der Waals surface area contributed by atoms with Crippen molar-refractivity contribution in [2.45, 2.75) is 50.4 Å². The van der Waals surface area contributed by atoms with E-state index in [-0.39, 0.29) is 29.4 Å². The first-order chi connectivity index (χ1) is 11.3. The van der Waals surface area contributed by atoms with E-state index in [1.54, 1.807) is 12.1 Å². The minimum atomic E-state index is -1.26. The lowest BCUT2D eigenvalue weighted by molar-refractivity contribution is -0.198. The SMILES string of the molecule is CC1CCC2C3C(=O)c4cccc(O)c4C(O)C3CC(O)C2(O)C1. The lowest BCUT2D eigenvalue weighted by Crippen LogP contribution is -2.62. The topological polar surface area (TPSA) is 98.0 Å². The maximum Gasteiger partial charge on any atom is 0.167 e. The van der Waals surface area contributed by atoms with Crippen molar-refractivity contribution in [3.8, 4) is 5.75 Å². The number of rotatable bonds is 0. The Balaban J connectivity index is 1.82. The molecule has 2 fully saturated rings. The van der Waals surface area contributed by atoms with Crippen molar-refractivity contribution < 1.29 is 25.2 Å². The molecule has 1 aromatic rings. The Morgan fingerprint density at radius 2 is 1.96 bits per heavy atom. The first kappa shape index (κ1) is 16.1. The molecule has 0 radical (unpaired) electrons. The van der Waals surface area contributed by atoms with Gasteiger partial charge < -0.3 is 20.4 Å². The molecule has 5 nitrogen and oxygen atoms in total. The molecule has 7 atom stereocenters. The van der Waals surface area contributed by atoms with E-state index in [0.29, 0.717) is 24.3 Å². The van der Waals surface area contributed by atoms with Gasteiger partial charge in [0.2, 0.25) is 0 Å². The number of aliphatic hydroxyl groups excluding tert-OH is 2. The van der Waals surface area contributed by atoms with Gasteiger partial charge in [-0.15, -0.1) is 0 Å². The van der Waals surface area contributed by atoms with Gasteiger partial charge in [0.1, 0.15) is 5.75 Å². The predicted molar refractivity (Wildman–Crippen MR) is 86.5 cm³/mol. The van der Waals surface area contributed by atoms with E-state index >= 15 is 0 Å². The van der Waals surface area contributed by atoms with E-state index in [2.05, 4.69) is 6.92 Å². The zero-order valence-electron chi connectivity index (χ0n) is 13.7. The number of aliphatic hydroxyl groups is 3. The minimum absolute atomic E-state index is 0.0839. The van der Waals surface area contributed by atoms with Crippen molar-refractivity contribution in [1.29, 1.82) is 0 Å². The molecule has 7 unspecified atom stereocenters. The summed E-state index contributed by atoms with van der Waals surface area (Å²) >= 11 is 0. The third kappa shape index (κ3) is 2.01. The van der Waals surface area contributed by atoms with Gasteiger partial charge in [-0.25, -0.2) is 0 Å². The van der Waals surface area contributed by atoms with Crippen LogP contribution in [-0.2, 0) is 0 Å². The Bertz CT molecular complexity index is 686. The van der Waals surface area contributed by atoms with E-state index in [1.807, 2.05) is 0 Å². The van der Waals surface area contributed by atoms with Crippen LogP contribution in [0, 0.1) is 23.7 Å². The Hall–Kier alpha value is -1.43. The van der Waals surface area contributed by atoms with Crippen molar-refractivity contribution in [3.63, 3.8) is 0 Å². The van der Waals surface area contributed by atoms with Crippen molar-refractivity contribution in [3.05, 3.63) is 29.3 Å². The van der Waals surface area contributed by atoms with Gasteiger partial charge in [-0.1, -0.05) is 25.5 Å².